The minimum absolute atomic E-state index is 0.00229. The first-order valence-electron chi connectivity index (χ1n) is 11.7. The summed E-state index contributed by atoms with van der Waals surface area (Å²) in [7, 11) is 0. The van der Waals surface area contributed by atoms with Crippen molar-refractivity contribution in [1.29, 1.82) is 5.26 Å². The Morgan fingerprint density at radius 3 is 2.50 bits per heavy atom. The molecule has 0 aliphatic carbocycles. The Labute approximate surface area is 227 Å². The van der Waals surface area contributed by atoms with E-state index in [0.717, 1.165) is 21.9 Å². The number of amides is 1. The van der Waals surface area contributed by atoms with Gasteiger partial charge in [0.25, 0.3) is 11.5 Å². The van der Waals surface area contributed by atoms with Crippen molar-refractivity contribution < 1.29 is 19.1 Å². The number of Topliss-reactive ketones (excluding diaryl/α,β-unsaturated/α-hetero) is 1. The van der Waals surface area contributed by atoms with Gasteiger partial charge in [-0.15, -0.1) is 0 Å². The number of thiocarbonyl (C=S) groups is 1. The van der Waals surface area contributed by atoms with Crippen LogP contribution in [0.4, 0.5) is 4.39 Å². The van der Waals surface area contributed by atoms with E-state index in [9.17, 15) is 29.1 Å². The number of carbonyl (C=O) groups is 2. The smallest absolute Gasteiger partial charge is 0.271 e. The Morgan fingerprint density at radius 1 is 1.16 bits per heavy atom. The average molecular weight is 548 g/mol. The zero-order valence-corrected chi connectivity index (χ0v) is 21.9. The number of nitriles is 1. The Hall–Kier alpha value is -4.07. The number of rotatable bonds is 8. The minimum atomic E-state index is -0.673. The monoisotopic (exact) mass is 547 g/mol. The van der Waals surface area contributed by atoms with Gasteiger partial charge >= 0.3 is 0 Å². The molecule has 10 heteroatoms. The number of pyridine rings is 1. The highest BCUT2D eigenvalue weighted by atomic mass is 32.2. The second kappa shape index (κ2) is 11.5. The molecule has 0 bridgehead atoms. The summed E-state index contributed by atoms with van der Waals surface area (Å²) in [5.41, 5.74) is 0.542. The van der Waals surface area contributed by atoms with Gasteiger partial charge in [0.2, 0.25) is 5.88 Å². The van der Waals surface area contributed by atoms with Crippen LogP contribution in [0.3, 0.4) is 0 Å². The standard InChI is InChI=1S/C28H22FN3O4S2/c1-17-21(15-30)25(34)32(16-19-6-3-2-4-7-19)27(36)24(17)22(33)8-5-13-31-26(35)23(38-28(31)37)14-18-9-11-20(29)12-10-18/h2-4,6-7,9-12,14,36H,5,8,13,16H2,1H3/b23-14-. The van der Waals surface area contributed by atoms with Gasteiger partial charge in [-0.1, -0.05) is 66.4 Å². The molecule has 0 spiro atoms. The van der Waals surface area contributed by atoms with Gasteiger partial charge in [-0.25, -0.2) is 4.39 Å². The summed E-state index contributed by atoms with van der Waals surface area (Å²) in [6, 6.07) is 16.5. The average Bonchev–Trinajstić information content (AvgIpc) is 3.16. The zero-order valence-electron chi connectivity index (χ0n) is 20.3. The number of ketones is 1. The van der Waals surface area contributed by atoms with Gasteiger partial charge in [0.05, 0.1) is 17.0 Å². The molecule has 0 unspecified atom stereocenters. The lowest BCUT2D eigenvalue weighted by Crippen LogP contribution is -2.30. The van der Waals surface area contributed by atoms with Crippen molar-refractivity contribution in [2.24, 2.45) is 0 Å². The molecule has 3 aromatic rings. The number of hydrogen-bond acceptors (Lipinski definition) is 7. The summed E-state index contributed by atoms with van der Waals surface area (Å²) in [6.07, 6.45) is 1.83. The largest absolute Gasteiger partial charge is 0.494 e. The maximum atomic E-state index is 13.2. The zero-order chi connectivity index (χ0) is 27.4. The number of benzene rings is 2. The number of halogens is 1. The predicted octanol–water partition coefficient (Wildman–Crippen LogP) is 4.79. The Bertz CT molecular complexity index is 1560. The third-order valence-corrected chi connectivity index (χ3v) is 7.47. The van der Waals surface area contributed by atoms with E-state index in [0.29, 0.717) is 14.8 Å². The van der Waals surface area contributed by atoms with Crippen LogP contribution in [0.2, 0.25) is 0 Å². The first-order valence-corrected chi connectivity index (χ1v) is 12.9. The quantitative estimate of drug-likeness (QED) is 0.246. The van der Waals surface area contributed by atoms with E-state index in [-0.39, 0.29) is 54.3 Å². The molecule has 1 aliphatic heterocycles. The van der Waals surface area contributed by atoms with Crippen molar-refractivity contribution in [3.8, 4) is 11.9 Å². The molecule has 1 N–H and O–H groups in total. The predicted molar refractivity (Wildman–Crippen MR) is 147 cm³/mol. The molecule has 1 amide bonds. The Balaban J connectivity index is 1.50. The summed E-state index contributed by atoms with van der Waals surface area (Å²) in [5, 5.41) is 20.5. The summed E-state index contributed by atoms with van der Waals surface area (Å²) in [5.74, 6) is -1.63. The fourth-order valence-corrected chi connectivity index (χ4v) is 5.43. The molecule has 2 heterocycles. The van der Waals surface area contributed by atoms with Crippen molar-refractivity contribution in [3.63, 3.8) is 0 Å². The second-order valence-corrected chi connectivity index (χ2v) is 10.3. The van der Waals surface area contributed by atoms with Crippen molar-refractivity contribution in [2.45, 2.75) is 26.3 Å². The maximum absolute atomic E-state index is 13.2. The van der Waals surface area contributed by atoms with E-state index in [1.807, 2.05) is 12.1 Å². The third-order valence-electron chi connectivity index (χ3n) is 6.09. The summed E-state index contributed by atoms with van der Waals surface area (Å²) >= 11 is 6.47. The fourth-order valence-electron chi connectivity index (χ4n) is 4.12. The topological polar surface area (TPSA) is 103 Å². The number of thioether (sulfide) groups is 1. The molecular formula is C28H22FN3O4S2. The lowest BCUT2D eigenvalue weighted by atomic mass is 9.99. The molecule has 4 rings (SSSR count). The number of hydrogen-bond donors (Lipinski definition) is 1. The molecule has 7 nitrogen and oxygen atoms in total. The van der Waals surface area contributed by atoms with Crippen molar-refractivity contribution in [2.75, 3.05) is 6.54 Å². The van der Waals surface area contributed by atoms with Gasteiger partial charge in [0.15, 0.2) is 5.78 Å². The lowest BCUT2D eigenvalue weighted by molar-refractivity contribution is -0.122. The molecule has 192 valence electrons. The van der Waals surface area contributed by atoms with Crippen molar-refractivity contribution in [3.05, 3.63) is 103 Å². The van der Waals surface area contributed by atoms with E-state index in [1.54, 1.807) is 42.5 Å². The number of aromatic nitrogens is 1. The SMILES string of the molecule is Cc1c(C(=O)CCCN2C(=O)/C(=C/c3ccc(F)cc3)SC2=S)c(O)n(Cc2ccccc2)c(=O)c1C#N. The normalized spacial score (nSPS) is 14.2. The van der Waals surface area contributed by atoms with Crippen LogP contribution >= 0.6 is 24.0 Å². The van der Waals surface area contributed by atoms with Gasteiger partial charge < -0.3 is 5.11 Å². The first kappa shape index (κ1) is 27.0. The second-order valence-electron chi connectivity index (χ2n) is 8.60. The van der Waals surface area contributed by atoms with Crippen LogP contribution in [-0.4, -0.2) is 37.1 Å². The minimum Gasteiger partial charge on any atom is -0.494 e. The van der Waals surface area contributed by atoms with Crippen molar-refractivity contribution in [1.82, 2.24) is 9.47 Å². The summed E-state index contributed by atoms with van der Waals surface area (Å²) in [4.78, 5) is 40.7. The third kappa shape index (κ3) is 5.59. The number of aromatic hydroxyl groups is 1. The van der Waals surface area contributed by atoms with Gasteiger partial charge in [-0.2, -0.15) is 5.26 Å². The fraction of sp³-hybridized carbons (Fsp3) is 0.179. The van der Waals surface area contributed by atoms with Gasteiger partial charge in [-0.3, -0.25) is 23.9 Å². The molecule has 38 heavy (non-hydrogen) atoms. The van der Waals surface area contributed by atoms with Crippen LogP contribution in [0.25, 0.3) is 6.08 Å². The summed E-state index contributed by atoms with van der Waals surface area (Å²) < 4.78 is 14.5. The summed E-state index contributed by atoms with van der Waals surface area (Å²) in [6.45, 7) is 1.63. The molecule has 0 saturated carbocycles. The molecule has 2 aromatic carbocycles. The maximum Gasteiger partial charge on any atom is 0.271 e. The molecule has 1 saturated heterocycles. The van der Waals surface area contributed by atoms with E-state index < -0.39 is 17.2 Å². The number of nitrogens with zero attached hydrogens (tertiary/aromatic N) is 3. The molecular weight excluding hydrogens is 525 g/mol. The van der Waals surface area contributed by atoms with Crippen LogP contribution in [0.5, 0.6) is 5.88 Å². The van der Waals surface area contributed by atoms with Gasteiger partial charge in [0, 0.05) is 13.0 Å². The Kier molecular flexibility index (Phi) is 8.20. The highest BCUT2D eigenvalue weighted by Crippen LogP contribution is 2.33. The van der Waals surface area contributed by atoms with Crippen LogP contribution in [-0.2, 0) is 11.3 Å². The number of carbonyl (C=O) groups excluding carboxylic acids is 2. The highest BCUT2D eigenvalue weighted by Gasteiger charge is 2.32. The molecule has 0 radical (unpaired) electrons. The van der Waals surface area contributed by atoms with Crippen LogP contribution in [0.15, 0.2) is 64.3 Å². The first-order chi connectivity index (χ1) is 18.2. The molecule has 1 fully saturated rings. The Morgan fingerprint density at radius 2 is 1.84 bits per heavy atom. The van der Waals surface area contributed by atoms with Gasteiger partial charge in [0.1, 0.15) is 21.8 Å². The highest BCUT2D eigenvalue weighted by molar-refractivity contribution is 8.26. The lowest BCUT2D eigenvalue weighted by Gasteiger charge is -2.17. The van der Waals surface area contributed by atoms with Crippen molar-refractivity contribution >= 4 is 46.1 Å². The van der Waals surface area contributed by atoms with E-state index in [1.165, 1.54) is 24.0 Å². The molecule has 0 atom stereocenters. The van der Waals surface area contributed by atoms with Crippen LogP contribution in [0.1, 0.15) is 45.5 Å². The van der Waals surface area contributed by atoms with E-state index in [2.05, 4.69) is 0 Å². The van der Waals surface area contributed by atoms with Crippen LogP contribution in [0, 0.1) is 24.1 Å². The molecule has 1 aromatic heterocycles. The van der Waals surface area contributed by atoms with E-state index in [4.69, 9.17) is 12.2 Å². The van der Waals surface area contributed by atoms with Gasteiger partial charge in [-0.05, 0) is 48.2 Å². The van der Waals surface area contributed by atoms with Crippen LogP contribution < -0.4 is 5.56 Å². The molecule has 1 aliphatic rings. The van der Waals surface area contributed by atoms with E-state index >= 15 is 0 Å².